The van der Waals surface area contributed by atoms with Crippen molar-refractivity contribution in [3.05, 3.63) is 29.3 Å². The molecule has 0 radical (unpaired) electrons. The first-order chi connectivity index (χ1) is 18.7. The number of carboxylic acids is 2. The van der Waals surface area contributed by atoms with Crippen LogP contribution in [-0.2, 0) is 23.9 Å². The minimum atomic E-state index is -1.82. The largest absolute Gasteiger partial charge is 0.473 e. The average Bonchev–Trinajstić information content (AvgIpc) is 3.60. The molecule has 2 heterocycles. The van der Waals surface area contributed by atoms with E-state index in [2.05, 4.69) is 28.9 Å². The third kappa shape index (κ3) is 6.91. The number of carbonyl (C=O) groups excluding carboxylic acids is 2. The number of ether oxygens (including phenoxy) is 1. The number of rotatable bonds is 9. The van der Waals surface area contributed by atoms with Gasteiger partial charge >= 0.3 is 11.9 Å². The quantitative estimate of drug-likeness (QED) is 0.265. The summed E-state index contributed by atoms with van der Waals surface area (Å²) in [7, 11) is 0. The topological polar surface area (TPSA) is 128 Å². The van der Waals surface area contributed by atoms with Crippen molar-refractivity contribution in [3.8, 4) is 0 Å². The lowest BCUT2D eigenvalue weighted by molar-refractivity contribution is -0.159. The zero-order chi connectivity index (χ0) is 28.1. The summed E-state index contributed by atoms with van der Waals surface area (Å²) in [6, 6.07) is 8.02. The molecular weight excluding hydrogens is 526 g/mol. The van der Waals surface area contributed by atoms with Crippen LogP contribution in [0.1, 0.15) is 39.0 Å². The van der Waals surface area contributed by atoms with Gasteiger partial charge in [-0.15, -0.1) is 0 Å². The maximum Gasteiger partial charge on any atom is 0.414 e. The van der Waals surface area contributed by atoms with E-state index in [1.54, 1.807) is 4.90 Å². The summed E-state index contributed by atoms with van der Waals surface area (Å²) in [5, 5.41) is 15.5. The van der Waals surface area contributed by atoms with E-state index in [1.807, 2.05) is 12.1 Å². The molecule has 2 aliphatic heterocycles. The Morgan fingerprint density at radius 1 is 0.949 bits per heavy atom. The molecule has 11 heteroatoms. The molecule has 0 spiro atoms. The molecule has 2 bridgehead atoms. The van der Waals surface area contributed by atoms with E-state index >= 15 is 0 Å². The molecule has 10 nitrogen and oxygen atoms in total. The molecule has 5 rings (SSSR count). The predicted octanol–water partition coefficient (Wildman–Crippen LogP) is 2.83. The van der Waals surface area contributed by atoms with E-state index in [0.717, 1.165) is 69.9 Å². The first-order valence-electron chi connectivity index (χ1n) is 13.9. The number of piperazine rings is 1. The second kappa shape index (κ2) is 13.1. The Hall–Kier alpha value is -2.69. The van der Waals surface area contributed by atoms with Crippen LogP contribution in [-0.4, -0.2) is 95.7 Å². The Labute approximate surface area is 233 Å². The summed E-state index contributed by atoms with van der Waals surface area (Å²) < 4.78 is 6.24. The van der Waals surface area contributed by atoms with Crippen LogP contribution >= 0.6 is 11.6 Å². The minimum absolute atomic E-state index is 0.0459. The molecular formula is C28H38ClN3O7. The Bertz CT molecular complexity index is 1000. The number of hydrogen-bond donors (Lipinski definition) is 2. The normalized spacial score (nSPS) is 26.8. The molecule has 214 valence electrons. The third-order valence-corrected chi connectivity index (χ3v) is 8.72. The minimum Gasteiger partial charge on any atom is -0.473 e. The Balaban J connectivity index is 0.000000531. The molecule has 0 aromatic heterocycles. The molecule has 39 heavy (non-hydrogen) atoms. The maximum absolute atomic E-state index is 13.2. The van der Waals surface area contributed by atoms with Crippen molar-refractivity contribution in [1.29, 1.82) is 0 Å². The van der Waals surface area contributed by atoms with Gasteiger partial charge in [-0.1, -0.05) is 24.9 Å². The number of hydrogen-bond acceptors (Lipinski definition) is 7. The number of unbranched alkanes of at least 4 members (excludes halogenated alkanes) is 1. The van der Waals surface area contributed by atoms with Gasteiger partial charge in [0.25, 0.3) is 0 Å². The highest BCUT2D eigenvalue weighted by atomic mass is 35.5. The molecule has 2 aliphatic carbocycles. The highest BCUT2D eigenvalue weighted by molar-refractivity contribution is 6.30. The van der Waals surface area contributed by atoms with E-state index in [9.17, 15) is 9.59 Å². The first-order valence-corrected chi connectivity index (χ1v) is 14.2. The average molecular weight is 564 g/mol. The van der Waals surface area contributed by atoms with Gasteiger partial charge in [-0.25, -0.2) is 9.59 Å². The van der Waals surface area contributed by atoms with Crippen LogP contribution in [0, 0.1) is 23.7 Å². The molecule has 1 aromatic carbocycles. The zero-order valence-corrected chi connectivity index (χ0v) is 23.1. The molecule has 4 aliphatic rings. The third-order valence-electron chi connectivity index (χ3n) is 8.47. The molecule has 2 saturated heterocycles. The number of amides is 2. The molecule has 2 amide bonds. The van der Waals surface area contributed by atoms with Crippen molar-refractivity contribution >= 4 is 41.0 Å². The van der Waals surface area contributed by atoms with Crippen LogP contribution < -0.4 is 4.90 Å². The Morgan fingerprint density at radius 2 is 1.51 bits per heavy atom. The number of halogens is 1. The Morgan fingerprint density at radius 3 is 2.03 bits per heavy atom. The predicted molar refractivity (Wildman–Crippen MR) is 145 cm³/mol. The number of aliphatic carboxylic acids is 2. The molecule has 3 unspecified atom stereocenters. The van der Waals surface area contributed by atoms with E-state index in [0.29, 0.717) is 25.0 Å². The highest BCUT2D eigenvalue weighted by Gasteiger charge is 2.60. The maximum atomic E-state index is 13.2. The number of likely N-dealkylation sites (tertiary alicyclic amines) is 1. The number of carbonyl (C=O) groups is 4. The van der Waals surface area contributed by atoms with Crippen molar-refractivity contribution in [1.82, 2.24) is 9.80 Å². The summed E-state index contributed by atoms with van der Waals surface area (Å²) in [6.07, 6.45) is 5.26. The van der Waals surface area contributed by atoms with Crippen LogP contribution in [0.5, 0.6) is 0 Å². The van der Waals surface area contributed by atoms with Gasteiger partial charge in [-0.2, -0.15) is 0 Å². The summed E-state index contributed by atoms with van der Waals surface area (Å²) in [6.45, 7) is 7.76. The zero-order valence-electron chi connectivity index (χ0n) is 22.3. The SMILES string of the molecule is CCCCOC(CN1CCN(c2ccc(Cl)cc2)CC1)CN1C(=O)C2C3CC[C@@H](C3)[C@@H]2C1=O.O=C(O)C(=O)O. The van der Waals surface area contributed by atoms with Gasteiger partial charge in [-0.05, 0) is 61.8 Å². The molecule has 5 atom stereocenters. The summed E-state index contributed by atoms with van der Waals surface area (Å²) in [5.41, 5.74) is 1.20. The summed E-state index contributed by atoms with van der Waals surface area (Å²) >= 11 is 6.03. The van der Waals surface area contributed by atoms with Crippen LogP contribution in [0.4, 0.5) is 5.69 Å². The first kappa shape index (κ1) is 29.3. The van der Waals surface area contributed by atoms with Crippen molar-refractivity contribution in [2.24, 2.45) is 23.7 Å². The van der Waals surface area contributed by atoms with Crippen LogP contribution in [0.15, 0.2) is 24.3 Å². The fourth-order valence-corrected chi connectivity index (χ4v) is 6.67. The fourth-order valence-electron chi connectivity index (χ4n) is 6.54. The lowest BCUT2D eigenvalue weighted by Gasteiger charge is -2.38. The van der Waals surface area contributed by atoms with Gasteiger partial charge in [0, 0.05) is 50.0 Å². The monoisotopic (exact) mass is 563 g/mol. The van der Waals surface area contributed by atoms with Gasteiger partial charge in [0.15, 0.2) is 0 Å². The highest BCUT2D eigenvalue weighted by Crippen LogP contribution is 2.56. The van der Waals surface area contributed by atoms with E-state index in [4.69, 9.17) is 36.1 Å². The van der Waals surface area contributed by atoms with E-state index < -0.39 is 11.9 Å². The number of fused-ring (bicyclic) bond motifs is 5. The van der Waals surface area contributed by atoms with Crippen molar-refractivity contribution in [2.75, 3.05) is 50.8 Å². The van der Waals surface area contributed by atoms with Crippen LogP contribution in [0.25, 0.3) is 0 Å². The molecule has 2 saturated carbocycles. The summed E-state index contributed by atoms with van der Waals surface area (Å²) in [5.74, 6) is -2.72. The molecule has 1 aromatic rings. The van der Waals surface area contributed by atoms with Crippen molar-refractivity contribution in [2.45, 2.75) is 45.1 Å². The number of benzene rings is 1. The van der Waals surface area contributed by atoms with Crippen LogP contribution in [0.2, 0.25) is 5.02 Å². The fraction of sp³-hybridized carbons (Fsp3) is 0.643. The second-order valence-electron chi connectivity index (χ2n) is 10.9. The second-order valence-corrected chi connectivity index (χ2v) is 11.3. The van der Waals surface area contributed by atoms with Gasteiger partial charge in [0.2, 0.25) is 11.8 Å². The molecule has 2 N–H and O–H groups in total. The van der Waals surface area contributed by atoms with Gasteiger partial charge < -0.3 is 19.8 Å². The lowest BCUT2D eigenvalue weighted by Crippen LogP contribution is -2.51. The number of nitrogens with zero attached hydrogens (tertiary/aromatic N) is 3. The molecule has 4 fully saturated rings. The Kier molecular flexibility index (Phi) is 9.85. The van der Waals surface area contributed by atoms with Crippen molar-refractivity contribution in [3.63, 3.8) is 0 Å². The summed E-state index contributed by atoms with van der Waals surface area (Å²) in [4.78, 5) is 50.9. The van der Waals surface area contributed by atoms with E-state index in [1.165, 1.54) is 5.69 Å². The van der Waals surface area contributed by atoms with Crippen LogP contribution in [0.3, 0.4) is 0 Å². The standard InChI is InChI=1S/C26H36ClN3O3.C2H2O4/c1-2-3-14-33-22(16-28-10-12-29(13-11-28)21-8-6-20(27)7-9-21)17-30-25(31)23-18-4-5-19(15-18)24(23)26(30)32;3-1(4)2(5)6/h6-9,18-19,22-24H,2-5,10-17H2,1H3;(H,3,4)(H,5,6)/t18-,19?,22?,23-,24?;/m0./s1. The van der Waals surface area contributed by atoms with Crippen molar-refractivity contribution < 1.29 is 34.1 Å². The van der Waals surface area contributed by atoms with E-state index in [-0.39, 0.29) is 29.8 Å². The number of anilines is 1. The number of carboxylic acid groups (broad SMARTS) is 2. The smallest absolute Gasteiger partial charge is 0.414 e. The number of imide groups is 1. The van der Waals surface area contributed by atoms with Gasteiger partial charge in [0.05, 0.1) is 24.5 Å². The van der Waals surface area contributed by atoms with Gasteiger partial charge in [0.1, 0.15) is 0 Å². The van der Waals surface area contributed by atoms with Gasteiger partial charge in [-0.3, -0.25) is 19.4 Å². The lowest BCUT2D eigenvalue weighted by atomic mass is 9.81.